The van der Waals surface area contributed by atoms with Crippen LogP contribution in [0.5, 0.6) is 5.75 Å². The highest BCUT2D eigenvalue weighted by molar-refractivity contribution is 6.03. The second-order valence-corrected chi connectivity index (χ2v) is 5.17. The van der Waals surface area contributed by atoms with Crippen molar-refractivity contribution in [1.29, 1.82) is 0 Å². The first-order valence-electron chi connectivity index (χ1n) is 7.41. The minimum Gasteiger partial charge on any atom is -0.466 e. The summed E-state index contributed by atoms with van der Waals surface area (Å²) in [6.07, 6.45) is -8.64. The van der Waals surface area contributed by atoms with Crippen molar-refractivity contribution in [2.45, 2.75) is 12.5 Å². The topological polar surface area (TPSA) is 74.3 Å². The van der Waals surface area contributed by atoms with Crippen molar-refractivity contribution in [1.82, 2.24) is 0 Å². The molecule has 1 aromatic rings. The van der Waals surface area contributed by atoms with Crippen molar-refractivity contribution in [3.63, 3.8) is 0 Å². The van der Waals surface area contributed by atoms with Gasteiger partial charge in [0.2, 0.25) is 0 Å². The number of ether oxygens (including phenoxy) is 4. The number of anilines is 1. The van der Waals surface area contributed by atoms with Crippen molar-refractivity contribution in [3.05, 3.63) is 35.5 Å². The molecule has 0 aliphatic carbocycles. The summed E-state index contributed by atoms with van der Waals surface area (Å²) in [5.74, 6) is -2.17. The van der Waals surface area contributed by atoms with E-state index in [9.17, 15) is 27.2 Å². The van der Waals surface area contributed by atoms with Gasteiger partial charge in [-0.05, 0) is 24.3 Å². The molecule has 0 atom stereocenters. The Labute approximate surface area is 151 Å². The molecule has 0 radical (unpaired) electrons. The number of benzene rings is 1. The van der Waals surface area contributed by atoms with Crippen molar-refractivity contribution in [2.75, 3.05) is 32.5 Å². The fourth-order valence-corrected chi connectivity index (χ4v) is 2.24. The molecule has 2 rings (SSSR count). The fourth-order valence-electron chi connectivity index (χ4n) is 2.24. The van der Waals surface area contributed by atoms with E-state index in [0.717, 1.165) is 26.4 Å². The van der Waals surface area contributed by atoms with Gasteiger partial charge in [-0.3, -0.25) is 0 Å². The molecule has 7 nitrogen and oxygen atoms in total. The molecule has 0 saturated heterocycles. The van der Waals surface area contributed by atoms with E-state index in [0.29, 0.717) is 0 Å². The first-order chi connectivity index (χ1) is 12.7. The monoisotopic (exact) mass is 393 g/mol. The zero-order valence-electron chi connectivity index (χ0n) is 14.2. The van der Waals surface area contributed by atoms with Gasteiger partial charge < -0.3 is 23.8 Å². The molecular weight excluding hydrogens is 378 g/mol. The van der Waals surface area contributed by atoms with E-state index >= 15 is 0 Å². The number of nitrogens with zero attached hydrogens (tertiary/aromatic N) is 1. The van der Waals surface area contributed by atoms with Crippen LogP contribution < -0.4 is 9.64 Å². The van der Waals surface area contributed by atoms with Gasteiger partial charge in [-0.1, -0.05) is 0 Å². The number of alkyl halides is 4. The summed E-state index contributed by atoms with van der Waals surface area (Å²) in [7, 11) is 2.24. The Balaban J connectivity index is 2.35. The summed E-state index contributed by atoms with van der Waals surface area (Å²) >= 11 is 0. The Hall–Kier alpha value is -2.82. The van der Waals surface area contributed by atoms with Gasteiger partial charge in [0, 0.05) is 5.69 Å². The van der Waals surface area contributed by atoms with Gasteiger partial charge in [0.15, 0.2) is 0 Å². The molecule has 148 valence electrons. The third kappa shape index (κ3) is 4.48. The molecule has 1 aromatic carbocycles. The van der Waals surface area contributed by atoms with Crippen LogP contribution in [0.4, 0.5) is 23.2 Å². The smallest absolute Gasteiger partial charge is 0.461 e. The van der Waals surface area contributed by atoms with Crippen LogP contribution in [0.2, 0.25) is 0 Å². The lowest BCUT2D eigenvalue weighted by atomic mass is 10.1. The number of carbonyl (C=O) groups excluding carboxylic acids is 2. The highest BCUT2D eigenvalue weighted by Gasteiger charge is 2.44. The van der Waals surface area contributed by atoms with Crippen LogP contribution in [0, 0.1) is 0 Å². The lowest BCUT2D eigenvalue weighted by Gasteiger charge is -2.31. The molecule has 0 saturated carbocycles. The van der Waals surface area contributed by atoms with Crippen LogP contribution in [0.15, 0.2) is 35.5 Å². The van der Waals surface area contributed by atoms with Gasteiger partial charge in [-0.2, -0.15) is 17.6 Å². The van der Waals surface area contributed by atoms with E-state index in [4.69, 9.17) is 4.74 Å². The molecule has 11 heteroatoms. The van der Waals surface area contributed by atoms with E-state index in [1.54, 1.807) is 0 Å². The second kappa shape index (κ2) is 8.25. The summed E-state index contributed by atoms with van der Waals surface area (Å²) in [5, 5.41) is 0. The van der Waals surface area contributed by atoms with E-state index in [1.165, 1.54) is 17.0 Å². The molecule has 1 aliphatic rings. The number of methoxy groups -OCH3 is 2. The SMILES string of the molecule is COC(=O)C1=C(C(=O)OC)N(c2ccc(OC(F)(F)C(F)F)cc2)COC1. The zero-order chi connectivity index (χ0) is 20.2. The molecule has 0 spiro atoms. The van der Waals surface area contributed by atoms with Gasteiger partial charge in [-0.25, -0.2) is 9.59 Å². The quantitative estimate of drug-likeness (QED) is 0.542. The molecule has 0 N–H and O–H groups in total. The number of halogens is 4. The van der Waals surface area contributed by atoms with Crippen molar-refractivity contribution in [3.8, 4) is 5.75 Å². The van der Waals surface area contributed by atoms with Crippen LogP contribution in [0.1, 0.15) is 0 Å². The van der Waals surface area contributed by atoms with E-state index < -0.39 is 30.2 Å². The number of carbonyl (C=O) groups is 2. The molecular formula is C16H15F4NO6. The van der Waals surface area contributed by atoms with Crippen LogP contribution in [0.25, 0.3) is 0 Å². The summed E-state index contributed by atoms with van der Waals surface area (Å²) < 4.78 is 68.8. The molecule has 0 fully saturated rings. The van der Waals surface area contributed by atoms with E-state index in [2.05, 4.69) is 14.2 Å². The Morgan fingerprint density at radius 1 is 1.11 bits per heavy atom. The average molecular weight is 393 g/mol. The zero-order valence-corrected chi connectivity index (χ0v) is 14.2. The lowest BCUT2D eigenvalue weighted by molar-refractivity contribution is -0.253. The first kappa shape index (κ1) is 20.5. The maximum Gasteiger partial charge on any atom is 0.461 e. The van der Waals surface area contributed by atoms with Crippen molar-refractivity contribution < 1.29 is 46.1 Å². The summed E-state index contributed by atoms with van der Waals surface area (Å²) in [4.78, 5) is 25.2. The van der Waals surface area contributed by atoms with Crippen LogP contribution >= 0.6 is 0 Å². The Bertz CT molecular complexity index is 735. The number of hydrogen-bond donors (Lipinski definition) is 0. The molecule has 1 heterocycles. The van der Waals surface area contributed by atoms with Crippen molar-refractivity contribution in [2.24, 2.45) is 0 Å². The van der Waals surface area contributed by atoms with Gasteiger partial charge in [0.1, 0.15) is 18.2 Å². The average Bonchev–Trinajstić information content (AvgIpc) is 2.66. The predicted molar refractivity (Wildman–Crippen MR) is 82.4 cm³/mol. The Morgan fingerprint density at radius 3 is 2.22 bits per heavy atom. The highest BCUT2D eigenvalue weighted by Crippen LogP contribution is 2.31. The molecule has 27 heavy (non-hydrogen) atoms. The predicted octanol–water partition coefficient (Wildman–Crippen LogP) is 2.32. The third-order valence-corrected chi connectivity index (χ3v) is 3.49. The van der Waals surface area contributed by atoms with E-state index in [-0.39, 0.29) is 30.3 Å². The lowest BCUT2D eigenvalue weighted by Crippen LogP contribution is -2.38. The highest BCUT2D eigenvalue weighted by atomic mass is 19.3. The first-order valence-corrected chi connectivity index (χ1v) is 7.41. The van der Waals surface area contributed by atoms with Gasteiger partial charge >= 0.3 is 24.5 Å². The third-order valence-electron chi connectivity index (χ3n) is 3.49. The Morgan fingerprint density at radius 2 is 1.70 bits per heavy atom. The standard InChI is InChI=1S/C16H15F4NO6/c1-24-13(22)11-7-26-8-21(12(11)14(23)25-2)9-3-5-10(6-4-9)27-16(19,20)15(17)18/h3-6,15H,7-8H2,1-2H3. The second-order valence-electron chi connectivity index (χ2n) is 5.17. The number of esters is 2. The fraction of sp³-hybridized carbons (Fsp3) is 0.375. The molecule has 0 amide bonds. The number of hydrogen-bond acceptors (Lipinski definition) is 7. The maximum atomic E-state index is 13.0. The summed E-state index contributed by atoms with van der Waals surface area (Å²) in [6.45, 7) is -0.353. The number of rotatable bonds is 6. The van der Waals surface area contributed by atoms with Crippen LogP contribution in [-0.2, 0) is 23.8 Å². The largest absolute Gasteiger partial charge is 0.466 e. The minimum absolute atomic E-state index is 0.0971. The summed E-state index contributed by atoms with van der Waals surface area (Å²) in [5.41, 5.74) is -0.00782. The van der Waals surface area contributed by atoms with E-state index in [1.807, 2.05) is 0 Å². The maximum absolute atomic E-state index is 13.0. The normalized spacial score (nSPS) is 15.0. The van der Waals surface area contributed by atoms with Gasteiger partial charge in [0.05, 0.1) is 26.4 Å². The molecule has 0 unspecified atom stereocenters. The van der Waals surface area contributed by atoms with Crippen molar-refractivity contribution >= 4 is 17.6 Å². The Kier molecular flexibility index (Phi) is 6.26. The van der Waals surface area contributed by atoms with Crippen LogP contribution in [0.3, 0.4) is 0 Å². The van der Waals surface area contributed by atoms with Crippen LogP contribution in [-0.4, -0.2) is 52.0 Å². The molecule has 1 aliphatic heterocycles. The summed E-state index contributed by atoms with van der Waals surface area (Å²) in [6, 6.07) is 4.46. The van der Waals surface area contributed by atoms with Gasteiger partial charge in [0.25, 0.3) is 0 Å². The molecule has 0 bridgehead atoms. The molecule has 0 aromatic heterocycles. The minimum atomic E-state index is -4.65. The van der Waals surface area contributed by atoms with Gasteiger partial charge in [-0.15, -0.1) is 0 Å².